The second-order valence-corrected chi connectivity index (χ2v) is 3.50. The van der Waals surface area contributed by atoms with Gasteiger partial charge in [0.1, 0.15) is 5.69 Å². The van der Waals surface area contributed by atoms with Crippen LogP contribution in [0.2, 0.25) is 0 Å². The molecule has 0 aliphatic rings. The largest absolute Gasteiger partial charge is 0.469 e. The third kappa shape index (κ3) is 2.88. The summed E-state index contributed by atoms with van der Waals surface area (Å²) in [7, 11) is 1.14. The maximum Gasteiger partial charge on any atom is 0.310 e. The van der Waals surface area contributed by atoms with Gasteiger partial charge in [0, 0.05) is 6.54 Å². The molecular formula is C10H10F4N2O2. The topological polar surface area (TPSA) is 51.2 Å². The summed E-state index contributed by atoms with van der Waals surface area (Å²) >= 11 is 0. The number of aromatic nitrogens is 1. The third-order valence-electron chi connectivity index (χ3n) is 2.19. The molecule has 0 amide bonds. The zero-order valence-electron chi connectivity index (χ0n) is 9.56. The molecule has 4 nitrogen and oxygen atoms in total. The summed E-state index contributed by atoms with van der Waals surface area (Å²) in [5.74, 6) is -8.19. The van der Waals surface area contributed by atoms with E-state index in [4.69, 9.17) is 0 Å². The Morgan fingerprint density at radius 2 is 1.78 bits per heavy atom. The summed E-state index contributed by atoms with van der Waals surface area (Å²) in [5.41, 5.74) is -1.00. The number of esters is 1. The maximum atomic E-state index is 13.2. The number of carbonyl (C=O) groups excluding carboxylic acids is 1. The predicted molar refractivity (Wildman–Crippen MR) is 53.7 cm³/mol. The maximum absolute atomic E-state index is 13.2. The first-order valence-electron chi connectivity index (χ1n) is 4.90. The molecule has 1 aromatic heterocycles. The van der Waals surface area contributed by atoms with Crippen LogP contribution in [-0.4, -0.2) is 24.6 Å². The van der Waals surface area contributed by atoms with Crippen LogP contribution in [0.15, 0.2) is 0 Å². The van der Waals surface area contributed by atoms with Gasteiger partial charge in [0.2, 0.25) is 11.6 Å². The van der Waals surface area contributed by atoms with E-state index in [0.29, 0.717) is 0 Å². The monoisotopic (exact) mass is 266 g/mol. The fourth-order valence-electron chi connectivity index (χ4n) is 1.18. The van der Waals surface area contributed by atoms with Crippen molar-refractivity contribution in [1.82, 2.24) is 4.98 Å². The summed E-state index contributed by atoms with van der Waals surface area (Å²) in [6.07, 6.45) is 0. The molecule has 0 fully saturated rings. The number of hydrogen-bond acceptors (Lipinski definition) is 4. The Kier molecular flexibility index (Phi) is 4.46. The van der Waals surface area contributed by atoms with Gasteiger partial charge >= 0.3 is 5.97 Å². The average molecular weight is 266 g/mol. The molecule has 1 heterocycles. The van der Waals surface area contributed by atoms with E-state index in [2.05, 4.69) is 15.0 Å². The highest BCUT2D eigenvalue weighted by molar-refractivity contribution is 5.72. The molecule has 0 saturated heterocycles. The minimum absolute atomic E-state index is 0.247. The molecule has 0 radical (unpaired) electrons. The number of carbonyl (C=O) groups is 1. The molecule has 1 N–H and O–H groups in total. The minimum Gasteiger partial charge on any atom is -0.469 e. The lowest BCUT2D eigenvalue weighted by Crippen LogP contribution is -2.23. The van der Waals surface area contributed by atoms with Crippen molar-refractivity contribution in [2.24, 2.45) is 5.92 Å². The van der Waals surface area contributed by atoms with Gasteiger partial charge in [-0.1, -0.05) is 6.92 Å². The summed E-state index contributed by atoms with van der Waals surface area (Å²) in [6.45, 7) is 1.17. The molecule has 0 bridgehead atoms. The van der Waals surface area contributed by atoms with Crippen molar-refractivity contribution in [3.8, 4) is 0 Å². The lowest BCUT2D eigenvalue weighted by Gasteiger charge is -2.12. The van der Waals surface area contributed by atoms with Crippen molar-refractivity contribution in [3.63, 3.8) is 0 Å². The van der Waals surface area contributed by atoms with Crippen LogP contribution in [0.5, 0.6) is 0 Å². The molecular weight excluding hydrogens is 256 g/mol. The van der Waals surface area contributed by atoms with Crippen LogP contribution < -0.4 is 5.32 Å². The van der Waals surface area contributed by atoms with Gasteiger partial charge in [-0.05, 0) is 0 Å². The van der Waals surface area contributed by atoms with E-state index < -0.39 is 41.1 Å². The Balaban J connectivity index is 2.88. The van der Waals surface area contributed by atoms with E-state index >= 15 is 0 Å². The molecule has 0 spiro atoms. The molecule has 1 unspecified atom stereocenters. The van der Waals surface area contributed by atoms with Gasteiger partial charge in [0.15, 0.2) is 0 Å². The fraction of sp³-hybridized carbons (Fsp3) is 0.400. The highest BCUT2D eigenvalue weighted by Crippen LogP contribution is 2.22. The number of rotatable bonds is 4. The van der Waals surface area contributed by atoms with Crippen LogP contribution in [0.3, 0.4) is 0 Å². The number of anilines is 1. The second-order valence-electron chi connectivity index (χ2n) is 3.50. The van der Waals surface area contributed by atoms with Crippen LogP contribution in [-0.2, 0) is 9.53 Å². The van der Waals surface area contributed by atoms with Crippen LogP contribution in [0, 0.1) is 29.4 Å². The molecule has 1 rings (SSSR count). The van der Waals surface area contributed by atoms with E-state index in [0.717, 1.165) is 7.11 Å². The summed E-state index contributed by atoms with van der Waals surface area (Å²) in [5, 5.41) is 2.11. The van der Waals surface area contributed by atoms with Crippen molar-refractivity contribution in [1.29, 1.82) is 0 Å². The van der Waals surface area contributed by atoms with Crippen molar-refractivity contribution in [2.75, 3.05) is 19.0 Å². The predicted octanol–water partition coefficient (Wildman–Crippen LogP) is 1.86. The van der Waals surface area contributed by atoms with Gasteiger partial charge in [0.05, 0.1) is 13.0 Å². The van der Waals surface area contributed by atoms with E-state index in [1.807, 2.05) is 0 Å². The lowest BCUT2D eigenvalue weighted by atomic mass is 10.2. The SMILES string of the molecule is COC(=O)C(C)CNc1c(F)c(F)nc(F)c1F. The first kappa shape index (κ1) is 14.2. The number of halogens is 4. The summed E-state index contributed by atoms with van der Waals surface area (Å²) in [6, 6.07) is 0. The Bertz CT molecular complexity index is 441. The number of nitrogens with zero attached hydrogens (tertiary/aromatic N) is 1. The molecule has 0 saturated carbocycles. The second kappa shape index (κ2) is 5.65. The Hall–Kier alpha value is -1.86. The number of hydrogen-bond donors (Lipinski definition) is 1. The Morgan fingerprint density at radius 3 is 2.22 bits per heavy atom. The summed E-state index contributed by atoms with van der Waals surface area (Å²) in [4.78, 5) is 13.4. The fourth-order valence-corrected chi connectivity index (χ4v) is 1.18. The van der Waals surface area contributed by atoms with Gasteiger partial charge in [-0.3, -0.25) is 4.79 Å². The van der Waals surface area contributed by atoms with E-state index in [1.54, 1.807) is 0 Å². The highest BCUT2D eigenvalue weighted by Gasteiger charge is 2.22. The highest BCUT2D eigenvalue weighted by atomic mass is 19.2. The lowest BCUT2D eigenvalue weighted by molar-refractivity contribution is -0.144. The van der Waals surface area contributed by atoms with Crippen molar-refractivity contribution in [2.45, 2.75) is 6.92 Å². The average Bonchev–Trinajstić information content (AvgIpc) is 2.35. The van der Waals surface area contributed by atoms with Gasteiger partial charge in [-0.15, -0.1) is 0 Å². The van der Waals surface area contributed by atoms with E-state index in [1.165, 1.54) is 6.92 Å². The number of nitrogens with one attached hydrogen (secondary N) is 1. The van der Waals surface area contributed by atoms with Gasteiger partial charge < -0.3 is 10.1 Å². The van der Waals surface area contributed by atoms with Crippen molar-refractivity contribution in [3.05, 3.63) is 23.5 Å². The molecule has 18 heavy (non-hydrogen) atoms. The molecule has 0 aliphatic heterocycles. The van der Waals surface area contributed by atoms with Crippen molar-refractivity contribution >= 4 is 11.7 Å². The van der Waals surface area contributed by atoms with Crippen LogP contribution in [0.4, 0.5) is 23.2 Å². The molecule has 0 aromatic carbocycles. The zero-order valence-corrected chi connectivity index (χ0v) is 9.56. The molecule has 0 aliphatic carbocycles. The molecule has 1 atom stereocenters. The Labute approximate surface area is 100.0 Å². The first-order valence-corrected chi connectivity index (χ1v) is 4.90. The Morgan fingerprint density at radius 1 is 1.28 bits per heavy atom. The van der Waals surface area contributed by atoms with Gasteiger partial charge in [-0.2, -0.15) is 22.5 Å². The molecule has 1 aromatic rings. The minimum atomic E-state index is -1.76. The molecule has 8 heteroatoms. The van der Waals surface area contributed by atoms with Crippen LogP contribution in [0.25, 0.3) is 0 Å². The standard InChI is InChI=1S/C10H10F4N2O2/c1-4(10(17)18-2)3-15-7-5(11)8(13)16-9(14)6(7)12/h4H,3H2,1-2H3,(H,15,16). The third-order valence-corrected chi connectivity index (χ3v) is 2.19. The quantitative estimate of drug-likeness (QED) is 0.513. The zero-order chi connectivity index (χ0) is 13.9. The van der Waals surface area contributed by atoms with E-state index in [-0.39, 0.29) is 6.54 Å². The molecule has 100 valence electrons. The number of methoxy groups -OCH3 is 1. The van der Waals surface area contributed by atoms with Gasteiger partial charge in [0.25, 0.3) is 11.9 Å². The number of ether oxygens (including phenoxy) is 1. The normalized spacial score (nSPS) is 12.1. The smallest absolute Gasteiger partial charge is 0.310 e. The first-order chi connectivity index (χ1) is 8.38. The van der Waals surface area contributed by atoms with E-state index in [9.17, 15) is 22.4 Å². The van der Waals surface area contributed by atoms with Gasteiger partial charge in [-0.25, -0.2) is 0 Å². The number of pyridine rings is 1. The summed E-state index contributed by atoms with van der Waals surface area (Å²) < 4.78 is 56.2. The van der Waals surface area contributed by atoms with Crippen LogP contribution in [0.1, 0.15) is 6.92 Å². The van der Waals surface area contributed by atoms with Crippen LogP contribution >= 0.6 is 0 Å². The van der Waals surface area contributed by atoms with Crippen molar-refractivity contribution < 1.29 is 27.1 Å².